The Kier molecular flexibility index (Phi) is 4.34. The molecule has 2 unspecified atom stereocenters. The van der Waals surface area contributed by atoms with Gasteiger partial charge in [-0.05, 0) is 56.5 Å². The number of hydrogen-bond acceptors (Lipinski definition) is 3. The fourth-order valence-electron chi connectivity index (χ4n) is 3.44. The third kappa shape index (κ3) is 2.87. The van der Waals surface area contributed by atoms with Gasteiger partial charge >= 0.3 is 0 Å². The van der Waals surface area contributed by atoms with Crippen LogP contribution < -0.4 is 10.6 Å². The predicted octanol–water partition coefficient (Wildman–Crippen LogP) is 2.62. The van der Waals surface area contributed by atoms with Gasteiger partial charge in [0.1, 0.15) is 0 Å². The van der Waals surface area contributed by atoms with E-state index in [0.717, 1.165) is 19.0 Å². The lowest BCUT2D eigenvalue weighted by Gasteiger charge is -2.25. The van der Waals surface area contributed by atoms with Crippen molar-refractivity contribution in [3.63, 3.8) is 0 Å². The number of hydrogen-bond donors (Lipinski definition) is 1. The van der Waals surface area contributed by atoms with Crippen molar-refractivity contribution < 1.29 is 0 Å². The summed E-state index contributed by atoms with van der Waals surface area (Å²) in [6, 6.07) is 7.42. The highest BCUT2D eigenvalue weighted by Crippen LogP contribution is 2.29. The number of nitrogens with two attached hydrogens (primary N) is 1. The molecule has 3 nitrogen and oxygen atoms in total. The van der Waals surface area contributed by atoms with Crippen LogP contribution in [-0.4, -0.2) is 43.7 Å². The highest BCUT2D eigenvalue weighted by molar-refractivity contribution is 9.10. The van der Waals surface area contributed by atoms with Gasteiger partial charge in [0, 0.05) is 35.8 Å². The summed E-state index contributed by atoms with van der Waals surface area (Å²) in [6.45, 7) is 7.75. The minimum Gasteiger partial charge on any atom is -0.370 e. The second kappa shape index (κ2) is 6.04. The lowest BCUT2D eigenvalue weighted by atomic mass is 10.1. The second-order valence-corrected chi connectivity index (χ2v) is 7.06. The molecule has 2 heterocycles. The number of nitrogens with zero attached hydrogens (tertiary/aromatic N) is 2. The molecule has 2 aliphatic rings. The van der Waals surface area contributed by atoms with E-state index < -0.39 is 0 Å². The van der Waals surface area contributed by atoms with Crippen molar-refractivity contribution in [1.29, 1.82) is 0 Å². The number of anilines is 1. The smallest absolute Gasteiger partial charge is 0.0378 e. The van der Waals surface area contributed by atoms with E-state index in [4.69, 9.17) is 5.73 Å². The molecule has 0 radical (unpaired) electrons. The molecule has 0 aliphatic carbocycles. The van der Waals surface area contributed by atoms with Crippen LogP contribution in [0, 0.1) is 12.8 Å². The van der Waals surface area contributed by atoms with E-state index in [1.165, 1.54) is 48.2 Å². The van der Waals surface area contributed by atoms with Crippen molar-refractivity contribution in [2.24, 2.45) is 11.7 Å². The van der Waals surface area contributed by atoms with Crippen molar-refractivity contribution in [3.05, 3.63) is 28.2 Å². The standard InChI is InChI=1S/C16H24BrN3/c1-12-2-3-14(8-16(12)17)20-7-5-15(11-20)19-6-4-13(9-18)10-19/h2-3,8,13,15H,4-7,9-11,18H2,1H3. The largest absolute Gasteiger partial charge is 0.370 e. The van der Waals surface area contributed by atoms with E-state index in [0.29, 0.717) is 6.04 Å². The molecule has 0 spiro atoms. The van der Waals surface area contributed by atoms with E-state index >= 15 is 0 Å². The van der Waals surface area contributed by atoms with Crippen molar-refractivity contribution in [2.75, 3.05) is 37.6 Å². The van der Waals surface area contributed by atoms with Crippen LogP contribution in [0.2, 0.25) is 0 Å². The first-order valence-corrected chi connectivity index (χ1v) is 8.42. The number of aryl methyl sites for hydroxylation is 1. The first-order chi connectivity index (χ1) is 9.67. The number of benzene rings is 1. The number of rotatable bonds is 3. The Morgan fingerprint density at radius 3 is 2.80 bits per heavy atom. The Morgan fingerprint density at radius 1 is 1.25 bits per heavy atom. The topological polar surface area (TPSA) is 32.5 Å². The molecule has 20 heavy (non-hydrogen) atoms. The number of likely N-dealkylation sites (tertiary alicyclic amines) is 1. The lowest BCUT2D eigenvalue weighted by molar-refractivity contribution is 0.251. The molecular weight excluding hydrogens is 314 g/mol. The van der Waals surface area contributed by atoms with E-state index in [1.54, 1.807) is 0 Å². The quantitative estimate of drug-likeness (QED) is 0.920. The van der Waals surface area contributed by atoms with Crippen LogP contribution in [0.15, 0.2) is 22.7 Å². The molecule has 2 N–H and O–H groups in total. The molecule has 2 saturated heterocycles. The summed E-state index contributed by atoms with van der Waals surface area (Å²) < 4.78 is 1.21. The molecule has 4 heteroatoms. The zero-order valence-corrected chi connectivity index (χ0v) is 13.8. The molecule has 1 aromatic carbocycles. The van der Waals surface area contributed by atoms with Gasteiger partial charge in [0.2, 0.25) is 0 Å². The van der Waals surface area contributed by atoms with Crippen LogP contribution in [0.4, 0.5) is 5.69 Å². The van der Waals surface area contributed by atoms with E-state index in [9.17, 15) is 0 Å². The van der Waals surface area contributed by atoms with Crippen molar-refractivity contribution in [2.45, 2.75) is 25.8 Å². The second-order valence-electron chi connectivity index (χ2n) is 6.21. The predicted molar refractivity (Wildman–Crippen MR) is 88.2 cm³/mol. The summed E-state index contributed by atoms with van der Waals surface area (Å²) in [4.78, 5) is 5.17. The SMILES string of the molecule is Cc1ccc(N2CCC(N3CCC(CN)C3)C2)cc1Br. The van der Waals surface area contributed by atoms with E-state index in [2.05, 4.69) is 50.9 Å². The molecule has 0 aromatic heterocycles. The van der Waals surface area contributed by atoms with Gasteiger partial charge in [-0.1, -0.05) is 22.0 Å². The average Bonchev–Trinajstić information content (AvgIpc) is 3.09. The molecule has 0 saturated carbocycles. The van der Waals surface area contributed by atoms with Gasteiger partial charge in [0.25, 0.3) is 0 Å². The van der Waals surface area contributed by atoms with Gasteiger partial charge in [0.15, 0.2) is 0 Å². The van der Waals surface area contributed by atoms with Gasteiger partial charge in [-0.15, -0.1) is 0 Å². The monoisotopic (exact) mass is 337 g/mol. The minimum atomic E-state index is 0.714. The number of halogens is 1. The molecule has 110 valence electrons. The van der Waals surface area contributed by atoms with Crippen molar-refractivity contribution >= 4 is 21.6 Å². The first kappa shape index (κ1) is 14.4. The van der Waals surface area contributed by atoms with Crippen LogP contribution in [0.3, 0.4) is 0 Å². The third-order valence-corrected chi connectivity index (χ3v) is 5.71. The normalized spacial score (nSPS) is 27.4. The molecule has 2 fully saturated rings. The maximum absolute atomic E-state index is 5.80. The maximum Gasteiger partial charge on any atom is 0.0378 e. The van der Waals surface area contributed by atoms with Crippen molar-refractivity contribution in [3.8, 4) is 0 Å². The fourth-order valence-corrected chi connectivity index (χ4v) is 3.81. The zero-order chi connectivity index (χ0) is 14.1. The summed E-state index contributed by atoms with van der Waals surface area (Å²) in [5.41, 5.74) is 8.45. The molecule has 2 atom stereocenters. The summed E-state index contributed by atoms with van der Waals surface area (Å²) >= 11 is 3.64. The maximum atomic E-state index is 5.80. The van der Waals surface area contributed by atoms with Crippen molar-refractivity contribution in [1.82, 2.24) is 4.90 Å². The highest BCUT2D eigenvalue weighted by atomic mass is 79.9. The Labute approximate surface area is 130 Å². The zero-order valence-electron chi connectivity index (χ0n) is 12.2. The summed E-state index contributed by atoms with van der Waals surface area (Å²) in [5.74, 6) is 0.720. The molecule has 1 aromatic rings. The molecule has 0 amide bonds. The van der Waals surface area contributed by atoms with Crippen LogP contribution in [0.25, 0.3) is 0 Å². The van der Waals surface area contributed by atoms with Crippen LogP contribution in [-0.2, 0) is 0 Å². The van der Waals surface area contributed by atoms with Gasteiger partial charge in [-0.3, -0.25) is 4.90 Å². The Hall–Kier alpha value is -0.580. The molecule has 2 aliphatic heterocycles. The lowest BCUT2D eigenvalue weighted by Crippen LogP contribution is -2.36. The van der Waals surface area contributed by atoms with E-state index in [-0.39, 0.29) is 0 Å². The third-order valence-electron chi connectivity index (χ3n) is 4.85. The highest BCUT2D eigenvalue weighted by Gasteiger charge is 2.32. The Balaban J connectivity index is 1.63. The van der Waals surface area contributed by atoms with E-state index in [1.807, 2.05) is 0 Å². The van der Waals surface area contributed by atoms with Crippen LogP contribution in [0.1, 0.15) is 18.4 Å². The van der Waals surface area contributed by atoms with Crippen LogP contribution >= 0.6 is 15.9 Å². The summed E-state index contributed by atoms with van der Waals surface area (Å²) in [5, 5.41) is 0. The van der Waals surface area contributed by atoms with Gasteiger partial charge in [-0.2, -0.15) is 0 Å². The molecule has 0 bridgehead atoms. The molecular formula is C16H24BrN3. The first-order valence-electron chi connectivity index (χ1n) is 7.62. The van der Waals surface area contributed by atoms with Gasteiger partial charge in [0.05, 0.1) is 0 Å². The Bertz CT molecular complexity index is 477. The Morgan fingerprint density at radius 2 is 2.10 bits per heavy atom. The van der Waals surface area contributed by atoms with Gasteiger partial charge < -0.3 is 10.6 Å². The average molecular weight is 338 g/mol. The minimum absolute atomic E-state index is 0.714. The summed E-state index contributed by atoms with van der Waals surface area (Å²) in [7, 11) is 0. The fraction of sp³-hybridized carbons (Fsp3) is 0.625. The summed E-state index contributed by atoms with van der Waals surface area (Å²) in [6.07, 6.45) is 2.56. The van der Waals surface area contributed by atoms with Gasteiger partial charge in [-0.25, -0.2) is 0 Å². The molecule has 3 rings (SSSR count). The van der Waals surface area contributed by atoms with Crippen LogP contribution in [0.5, 0.6) is 0 Å².